The summed E-state index contributed by atoms with van der Waals surface area (Å²) < 4.78 is 5.04. The molecule has 0 saturated heterocycles. The third kappa shape index (κ3) is 4.24. The number of esters is 1. The molecule has 2 N–H and O–H groups in total. The van der Waals surface area contributed by atoms with Crippen LogP contribution in [0.1, 0.15) is 34.6 Å². The largest absolute Gasteiger partial charge is 0.481 e. The quantitative estimate of drug-likeness (QED) is 0.447. The zero-order chi connectivity index (χ0) is 14.8. The molecule has 0 aliphatic heterocycles. The lowest BCUT2D eigenvalue weighted by molar-refractivity contribution is -0.162. The first-order chi connectivity index (χ1) is 8.55. The van der Waals surface area contributed by atoms with Crippen molar-refractivity contribution in [3.05, 3.63) is 11.8 Å². The van der Waals surface area contributed by atoms with Gasteiger partial charge in [-0.2, -0.15) is 0 Å². The number of rotatable bonds is 5. The van der Waals surface area contributed by atoms with Crippen LogP contribution in [0.25, 0.3) is 0 Å². The zero-order valence-electron chi connectivity index (χ0n) is 11.9. The highest BCUT2D eigenvalue weighted by Gasteiger charge is 2.57. The minimum Gasteiger partial charge on any atom is -0.481 e. The lowest BCUT2D eigenvalue weighted by Crippen LogP contribution is -2.28. The lowest BCUT2D eigenvalue weighted by atomic mass is 10.1. The molecule has 1 atom stereocenters. The van der Waals surface area contributed by atoms with Gasteiger partial charge in [-0.3, -0.25) is 15.1 Å². The first-order valence-corrected chi connectivity index (χ1v) is 6.08. The van der Waals surface area contributed by atoms with Gasteiger partial charge in [0.2, 0.25) is 0 Å². The van der Waals surface area contributed by atoms with Gasteiger partial charge in [0.1, 0.15) is 5.60 Å². The number of carbonyl (C=O) groups is 2. The van der Waals surface area contributed by atoms with Crippen LogP contribution in [0.15, 0.2) is 11.8 Å². The smallest absolute Gasteiger partial charge is 0.335 e. The van der Waals surface area contributed by atoms with Crippen molar-refractivity contribution in [1.29, 1.82) is 0 Å². The van der Waals surface area contributed by atoms with Crippen molar-refractivity contribution < 1.29 is 24.3 Å². The van der Waals surface area contributed by atoms with E-state index in [9.17, 15) is 9.59 Å². The van der Waals surface area contributed by atoms with E-state index in [-0.39, 0.29) is 12.0 Å². The van der Waals surface area contributed by atoms with Crippen LogP contribution in [0, 0.1) is 11.3 Å². The number of carbonyl (C=O) groups excluding carboxylic acids is 1. The molecule has 0 aromatic carbocycles. The Morgan fingerprint density at radius 1 is 1.42 bits per heavy atom. The summed E-state index contributed by atoms with van der Waals surface area (Å²) in [5.41, 5.74) is 2.30. The van der Waals surface area contributed by atoms with Crippen molar-refractivity contribution in [3.8, 4) is 0 Å². The molecule has 6 nitrogen and oxygen atoms in total. The maximum atomic E-state index is 11.3. The SMILES string of the molecule is CC(C)(C)OC(=O)CONC=C1[C@@H](C(=O)O)C1(C)C. The van der Waals surface area contributed by atoms with E-state index in [4.69, 9.17) is 14.7 Å². The number of carboxylic acids is 1. The number of hydroxylamine groups is 1. The summed E-state index contributed by atoms with van der Waals surface area (Å²) in [6, 6.07) is 0. The van der Waals surface area contributed by atoms with Crippen molar-refractivity contribution in [2.24, 2.45) is 11.3 Å². The van der Waals surface area contributed by atoms with Crippen molar-refractivity contribution in [3.63, 3.8) is 0 Å². The van der Waals surface area contributed by atoms with Gasteiger partial charge in [-0.25, -0.2) is 4.79 Å². The second-order valence-corrected chi connectivity index (χ2v) is 6.09. The van der Waals surface area contributed by atoms with E-state index in [2.05, 4.69) is 5.48 Å². The van der Waals surface area contributed by atoms with E-state index in [1.54, 1.807) is 20.8 Å². The van der Waals surface area contributed by atoms with Crippen LogP contribution < -0.4 is 5.48 Å². The van der Waals surface area contributed by atoms with E-state index in [1.807, 2.05) is 13.8 Å². The van der Waals surface area contributed by atoms with Gasteiger partial charge < -0.3 is 9.84 Å². The van der Waals surface area contributed by atoms with Crippen LogP contribution in [0.4, 0.5) is 0 Å². The van der Waals surface area contributed by atoms with E-state index in [1.165, 1.54) is 6.20 Å². The van der Waals surface area contributed by atoms with Gasteiger partial charge in [0.25, 0.3) is 0 Å². The summed E-state index contributed by atoms with van der Waals surface area (Å²) in [5, 5.41) is 8.95. The summed E-state index contributed by atoms with van der Waals surface area (Å²) in [6.07, 6.45) is 1.49. The van der Waals surface area contributed by atoms with Crippen LogP contribution in [-0.2, 0) is 19.2 Å². The Labute approximate surface area is 112 Å². The van der Waals surface area contributed by atoms with Crippen LogP contribution in [0.5, 0.6) is 0 Å². The molecule has 1 aliphatic rings. The van der Waals surface area contributed by atoms with Gasteiger partial charge in [0.05, 0.1) is 5.92 Å². The second kappa shape index (κ2) is 5.21. The molecule has 0 spiro atoms. The Balaban J connectivity index is 2.33. The molecule has 1 rings (SSSR count). The Morgan fingerprint density at radius 3 is 2.42 bits per heavy atom. The highest BCUT2D eigenvalue weighted by molar-refractivity contribution is 5.82. The average Bonchev–Trinajstić information content (AvgIpc) is 2.72. The first-order valence-electron chi connectivity index (χ1n) is 6.08. The zero-order valence-corrected chi connectivity index (χ0v) is 11.9. The summed E-state index contributed by atoms with van der Waals surface area (Å²) in [4.78, 5) is 27.1. The molecule has 0 heterocycles. The van der Waals surface area contributed by atoms with Gasteiger partial charge in [-0.05, 0) is 26.3 Å². The molecule has 0 unspecified atom stereocenters. The molecule has 1 saturated carbocycles. The molecule has 0 aromatic rings. The topological polar surface area (TPSA) is 84.9 Å². The third-order valence-corrected chi connectivity index (χ3v) is 2.85. The Kier molecular flexibility index (Phi) is 4.25. The minimum absolute atomic E-state index is 0.237. The third-order valence-electron chi connectivity index (χ3n) is 2.85. The number of hydrogen-bond donors (Lipinski definition) is 2. The maximum Gasteiger partial charge on any atom is 0.335 e. The van der Waals surface area contributed by atoms with Crippen LogP contribution in [0.3, 0.4) is 0 Å². The van der Waals surface area contributed by atoms with Crippen LogP contribution in [0.2, 0.25) is 0 Å². The molecule has 19 heavy (non-hydrogen) atoms. The molecule has 0 amide bonds. The number of nitrogens with one attached hydrogen (secondary N) is 1. The second-order valence-electron chi connectivity index (χ2n) is 6.09. The fourth-order valence-electron chi connectivity index (χ4n) is 1.87. The van der Waals surface area contributed by atoms with Crippen molar-refractivity contribution >= 4 is 11.9 Å². The standard InChI is InChI=1S/C13H21NO5/c1-12(2,3)19-9(15)7-18-14-6-8-10(11(16)17)13(8,4)5/h6,10,14H,7H2,1-5H3,(H,16,17)/t10-/m0/s1. The van der Waals surface area contributed by atoms with Gasteiger partial charge >= 0.3 is 11.9 Å². The van der Waals surface area contributed by atoms with Gasteiger partial charge in [0, 0.05) is 11.6 Å². The lowest BCUT2D eigenvalue weighted by Gasteiger charge is -2.19. The molecule has 0 radical (unpaired) electrons. The molecule has 1 aliphatic carbocycles. The highest BCUT2D eigenvalue weighted by Crippen LogP contribution is 2.57. The number of aliphatic carboxylic acids is 1. The molecule has 0 bridgehead atoms. The van der Waals surface area contributed by atoms with E-state index >= 15 is 0 Å². The van der Waals surface area contributed by atoms with Gasteiger partial charge in [0.15, 0.2) is 6.61 Å². The molecular formula is C13H21NO5. The molecule has 1 fully saturated rings. The number of carboxylic acid groups (broad SMARTS) is 1. The molecule has 108 valence electrons. The highest BCUT2D eigenvalue weighted by atomic mass is 16.7. The van der Waals surface area contributed by atoms with Crippen molar-refractivity contribution in [2.45, 2.75) is 40.2 Å². The Bertz CT molecular complexity index is 406. The Morgan fingerprint density at radius 2 is 2.00 bits per heavy atom. The summed E-state index contributed by atoms with van der Waals surface area (Å²) in [5.74, 6) is -1.83. The van der Waals surface area contributed by atoms with Crippen LogP contribution >= 0.6 is 0 Å². The predicted octanol–water partition coefficient (Wildman–Crippen LogP) is 1.47. The Hall–Kier alpha value is -1.56. The normalized spacial score (nSPS) is 23.0. The summed E-state index contributed by atoms with van der Waals surface area (Å²) in [7, 11) is 0. The molecule has 0 aromatic heterocycles. The van der Waals surface area contributed by atoms with Crippen molar-refractivity contribution in [1.82, 2.24) is 5.48 Å². The van der Waals surface area contributed by atoms with Gasteiger partial charge in [-0.15, -0.1) is 0 Å². The van der Waals surface area contributed by atoms with E-state index in [0.717, 1.165) is 5.57 Å². The first kappa shape index (κ1) is 15.5. The number of hydrogen-bond acceptors (Lipinski definition) is 5. The molecular weight excluding hydrogens is 250 g/mol. The maximum absolute atomic E-state index is 11.3. The summed E-state index contributed by atoms with van der Waals surface area (Å²) in [6.45, 7) is 8.75. The van der Waals surface area contributed by atoms with Crippen molar-refractivity contribution in [2.75, 3.05) is 6.61 Å². The summed E-state index contributed by atoms with van der Waals surface area (Å²) >= 11 is 0. The fourth-order valence-corrected chi connectivity index (χ4v) is 1.87. The van der Waals surface area contributed by atoms with E-state index in [0.29, 0.717) is 0 Å². The fraction of sp³-hybridized carbons (Fsp3) is 0.692. The van der Waals surface area contributed by atoms with E-state index < -0.39 is 23.5 Å². The minimum atomic E-state index is -0.856. The predicted molar refractivity (Wildman–Crippen MR) is 67.9 cm³/mol. The number of ether oxygens (including phenoxy) is 1. The average molecular weight is 271 g/mol. The van der Waals surface area contributed by atoms with Crippen LogP contribution in [-0.4, -0.2) is 29.3 Å². The monoisotopic (exact) mass is 271 g/mol. The van der Waals surface area contributed by atoms with Gasteiger partial charge in [-0.1, -0.05) is 13.8 Å². The molecule has 6 heteroatoms.